The SMILES string of the molecule is CCNC(=NCCCOC(C)C)N1CCC(C)CC1. The number of ether oxygens (including phenoxy) is 1. The minimum Gasteiger partial charge on any atom is -0.379 e. The van der Waals surface area contributed by atoms with Crippen LogP contribution in [0.1, 0.15) is 47.0 Å². The van der Waals surface area contributed by atoms with Crippen LogP contribution in [-0.4, -0.2) is 49.7 Å². The third-order valence-electron chi connectivity index (χ3n) is 3.43. The van der Waals surface area contributed by atoms with Crippen molar-refractivity contribution in [2.45, 2.75) is 53.1 Å². The van der Waals surface area contributed by atoms with Gasteiger partial charge in [-0.3, -0.25) is 4.99 Å². The molecule has 0 spiro atoms. The lowest BCUT2D eigenvalue weighted by Gasteiger charge is -2.33. The molecule has 1 fully saturated rings. The number of aliphatic imine (C=N–C) groups is 1. The number of nitrogens with one attached hydrogen (secondary N) is 1. The Hall–Kier alpha value is -0.770. The minimum atomic E-state index is 0.320. The maximum absolute atomic E-state index is 5.54. The summed E-state index contributed by atoms with van der Waals surface area (Å²) in [6.07, 6.45) is 3.87. The van der Waals surface area contributed by atoms with Crippen molar-refractivity contribution >= 4 is 5.96 Å². The average molecular weight is 269 g/mol. The molecule has 1 rings (SSSR count). The van der Waals surface area contributed by atoms with Crippen LogP contribution >= 0.6 is 0 Å². The Morgan fingerprint density at radius 3 is 2.63 bits per heavy atom. The van der Waals surface area contributed by atoms with E-state index >= 15 is 0 Å². The van der Waals surface area contributed by atoms with E-state index in [0.717, 1.165) is 51.1 Å². The van der Waals surface area contributed by atoms with Gasteiger partial charge in [-0.05, 0) is 46.0 Å². The zero-order valence-corrected chi connectivity index (χ0v) is 13.1. The van der Waals surface area contributed by atoms with Crippen LogP contribution in [0.15, 0.2) is 4.99 Å². The van der Waals surface area contributed by atoms with E-state index in [1.165, 1.54) is 12.8 Å². The molecule has 0 atom stereocenters. The maximum Gasteiger partial charge on any atom is 0.193 e. The predicted molar refractivity (Wildman–Crippen MR) is 81.7 cm³/mol. The fourth-order valence-electron chi connectivity index (χ4n) is 2.21. The standard InChI is InChI=1S/C15H31N3O/c1-5-16-15(17-9-6-12-19-13(2)3)18-10-7-14(4)8-11-18/h13-14H,5-12H2,1-4H3,(H,16,17). The summed E-state index contributed by atoms with van der Waals surface area (Å²) in [7, 11) is 0. The van der Waals surface area contributed by atoms with Crippen LogP contribution in [0.4, 0.5) is 0 Å². The molecule has 0 unspecified atom stereocenters. The summed E-state index contributed by atoms with van der Waals surface area (Å²) in [6, 6.07) is 0. The van der Waals surface area contributed by atoms with Gasteiger partial charge in [0.15, 0.2) is 5.96 Å². The summed E-state index contributed by atoms with van der Waals surface area (Å²) in [6.45, 7) is 13.5. The summed E-state index contributed by atoms with van der Waals surface area (Å²) in [5.41, 5.74) is 0. The molecule has 1 aliphatic heterocycles. The van der Waals surface area contributed by atoms with Gasteiger partial charge in [0.2, 0.25) is 0 Å². The van der Waals surface area contributed by atoms with E-state index in [4.69, 9.17) is 9.73 Å². The molecule has 0 saturated carbocycles. The van der Waals surface area contributed by atoms with Crippen molar-refractivity contribution in [3.63, 3.8) is 0 Å². The molecule has 0 radical (unpaired) electrons. The predicted octanol–water partition coefficient (Wildman–Crippen LogP) is 2.50. The van der Waals surface area contributed by atoms with Crippen LogP contribution in [-0.2, 0) is 4.74 Å². The third kappa shape index (κ3) is 6.81. The van der Waals surface area contributed by atoms with Gasteiger partial charge in [0.1, 0.15) is 0 Å². The number of nitrogens with zero attached hydrogens (tertiary/aromatic N) is 2. The van der Waals surface area contributed by atoms with Crippen LogP contribution < -0.4 is 5.32 Å². The molecule has 19 heavy (non-hydrogen) atoms. The minimum absolute atomic E-state index is 0.320. The molecule has 1 heterocycles. The van der Waals surface area contributed by atoms with Gasteiger partial charge in [-0.1, -0.05) is 6.92 Å². The van der Waals surface area contributed by atoms with Crippen molar-refractivity contribution in [3.05, 3.63) is 0 Å². The average Bonchev–Trinajstić information content (AvgIpc) is 2.38. The van der Waals surface area contributed by atoms with Gasteiger partial charge in [-0.15, -0.1) is 0 Å². The van der Waals surface area contributed by atoms with E-state index in [1.807, 2.05) is 0 Å². The summed E-state index contributed by atoms with van der Waals surface area (Å²) >= 11 is 0. The highest BCUT2D eigenvalue weighted by molar-refractivity contribution is 5.80. The van der Waals surface area contributed by atoms with Crippen molar-refractivity contribution < 1.29 is 4.74 Å². The molecule has 4 heteroatoms. The Balaban J connectivity index is 2.33. The Morgan fingerprint density at radius 1 is 1.37 bits per heavy atom. The van der Waals surface area contributed by atoms with E-state index in [-0.39, 0.29) is 0 Å². The van der Waals surface area contributed by atoms with Crippen molar-refractivity contribution in [3.8, 4) is 0 Å². The molecule has 1 N–H and O–H groups in total. The highest BCUT2D eigenvalue weighted by Crippen LogP contribution is 2.15. The molecule has 1 saturated heterocycles. The summed E-state index contributed by atoms with van der Waals surface area (Å²) in [5.74, 6) is 1.94. The first kappa shape index (κ1) is 16.3. The molecule has 0 aromatic rings. The van der Waals surface area contributed by atoms with Crippen LogP contribution in [0.25, 0.3) is 0 Å². The van der Waals surface area contributed by atoms with E-state index in [2.05, 4.69) is 37.9 Å². The zero-order chi connectivity index (χ0) is 14.1. The zero-order valence-electron chi connectivity index (χ0n) is 13.1. The second kappa shape index (κ2) is 9.18. The van der Waals surface area contributed by atoms with E-state index in [9.17, 15) is 0 Å². The largest absolute Gasteiger partial charge is 0.379 e. The van der Waals surface area contributed by atoms with Crippen molar-refractivity contribution in [1.29, 1.82) is 0 Å². The van der Waals surface area contributed by atoms with Gasteiger partial charge < -0.3 is 15.0 Å². The number of likely N-dealkylation sites (tertiary alicyclic amines) is 1. The van der Waals surface area contributed by atoms with Crippen LogP contribution in [0, 0.1) is 5.92 Å². The van der Waals surface area contributed by atoms with Gasteiger partial charge in [-0.2, -0.15) is 0 Å². The number of hydrogen-bond acceptors (Lipinski definition) is 2. The lowest BCUT2D eigenvalue weighted by molar-refractivity contribution is 0.0782. The number of rotatable bonds is 6. The van der Waals surface area contributed by atoms with Gasteiger partial charge in [0, 0.05) is 32.8 Å². The molecule has 0 aromatic heterocycles. The van der Waals surface area contributed by atoms with Crippen LogP contribution in [0.5, 0.6) is 0 Å². The summed E-state index contributed by atoms with van der Waals surface area (Å²) in [5, 5.41) is 3.40. The molecule has 4 nitrogen and oxygen atoms in total. The highest BCUT2D eigenvalue weighted by Gasteiger charge is 2.18. The topological polar surface area (TPSA) is 36.9 Å². The highest BCUT2D eigenvalue weighted by atomic mass is 16.5. The number of guanidine groups is 1. The molecule has 0 aliphatic carbocycles. The number of hydrogen-bond donors (Lipinski definition) is 1. The smallest absolute Gasteiger partial charge is 0.193 e. The fraction of sp³-hybridized carbons (Fsp3) is 0.933. The summed E-state index contributed by atoms with van der Waals surface area (Å²) < 4.78 is 5.54. The van der Waals surface area contributed by atoms with Gasteiger partial charge in [0.25, 0.3) is 0 Å². The quantitative estimate of drug-likeness (QED) is 0.457. The molecule has 0 amide bonds. The maximum atomic E-state index is 5.54. The van der Waals surface area contributed by atoms with E-state index in [0.29, 0.717) is 6.10 Å². The Morgan fingerprint density at radius 2 is 2.05 bits per heavy atom. The van der Waals surface area contributed by atoms with Gasteiger partial charge in [0.05, 0.1) is 6.10 Å². The molecular weight excluding hydrogens is 238 g/mol. The second-order valence-corrected chi connectivity index (χ2v) is 5.68. The third-order valence-corrected chi connectivity index (χ3v) is 3.43. The molecule has 112 valence electrons. The van der Waals surface area contributed by atoms with Crippen molar-refractivity contribution in [2.24, 2.45) is 10.9 Å². The lowest BCUT2D eigenvalue weighted by atomic mass is 10.00. The monoisotopic (exact) mass is 269 g/mol. The van der Waals surface area contributed by atoms with Gasteiger partial charge >= 0.3 is 0 Å². The van der Waals surface area contributed by atoms with Crippen molar-refractivity contribution in [2.75, 3.05) is 32.8 Å². The van der Waals surface area contributed by atoms with Crippen molar-refractivity contribution in [1.82, 2.24) is 10.2 Å². The Bertz CT molecular complexity index is 258. The Kier molecular flexibility index (Phi) is 7.87. The fourth-order valence-corrected chi connectivity index (χ4v) is 2.21. The second-order valence-electron chi connectivity index (χ2n) is 5.68. The summed E-state index contributed by atoms with van der Waals surface area (Å²) in [4.78, 5) is 7.11. The molecule has 1 aliphatic rings. The van der Waals surface area contributed by atoms with Gasteiger partial charge in [-0.25, -0.2) is 0 Å². The Labute approximate surface area is 118 Å². The normalized spacial score (nSPS) is 18.2. The molecular formula is C15H31N3O. The molecule has 0 aromatic carbocycles. The van der Waals surface area contributed by atoms with E-state index < -0.39 is 0 Å². The first-order valence-electron chi connectivity index (χ1n) is 7.78. The molecule has 0 bridgehead atoms. The van der Waals surface area contributed by atoms with Crippen LogP contribution in [0.2, 0.25) is 0 Å². The first-order valence-corrected chi connectivity index (χ1v) is 7.78. The lowest BCUT2D eigenvalue weighted by Crippen LogP contribution is -2.45. The van der Waals surface area contributed by atoms with Crippen LogP contribution in [0.3, 0.4) is 0 Å². The number of piperidine rings is 1. The first-order chi connectivity index (χ1) is 9.13. The van der Waals surface area contributed by atoms with E-state index in [1.54, 1.807) is 0 Å².